The molecule has 0 aromatic heterocycles. The Hall–Kier alpha value is -3.26. The normalized spacial score (nSPS) is 17.9. The molecule has 4 rings (SSSR count). The summed E-state index contributed by atoms with van der Waals surface area (Å²) in [6, 6.07) is 10.6. The number of ether oxygens (including phenoxy) is 1. The quantitative estimate of drug-likeness (QED) is 0.558. The summed E-state index contributed by atoms with van der Waals surface area (Å²) in [6.45, 7) is 1.70. The molecule has 0 bridgehead atoms. The Kier molecular flexibility index (Phi) is 8.13. The van der Waals surface area contributed by atoms with Crippen LogP contribution in [0.3, 0.4) is 0 Å². The maximum atomic E-state index is 14.7. The first-order valence-electron chi connectivity index (χ1n) is 11.2. The van der Waals surface area contributed by atoms with Gasteiger partial charge in [0.05, 0.1) is 23.1 Å². The van der Waals surface area contributed by atoms with Crippen LogP contribution in [0.5, 0.6) is 11.5 Å². The highest BCUT2D eigenvalue weighted by atomic mass is 32.2. The van der Waals surface area contributed by atoms with E-state index < -0.39 is 12.5 Å². The Balaban J connectivity index is 1.39. The van der Waals surface area contributed by atoms with E-state index in [2.05, 4.69) is 15.2 Å². The molecule has 1 amide bonds. The number of amides is 1. The SMILES string of the molecule is N#Cc1ccc(Oc2ccc(/C=C3\SC(NC4CCN(CCO)CC4)=NC3=O)cc2F)c(CF)c1. The van der Waals surface area contributed by atoms with Crippen molar-refractivity contribution in [1.29, 1.82) is 5.26 Å². The van der Waals surface area contributed by atoms with E-state index in [0.717, 1.165) is 25.9 Å². The molecule has 0 unspecified atom stereocenters. The van der Waals surface area contributed by atoms with Crippen LogP contribution in [0.15, 0.2) is 46.3 Å². The molecule has 2 aromatic carbocycles. The lowest BCUT2D eigenvalue weighted by molar-refractivity contribution is -0.113. The topological polar surface area (TPSA) is 97.9 Å². The number of nitriles is 1. The zero-order valence-electron chi connectivity index (χ0n) is 18.8. The van der Waals surface area contributed by atoms with Gasteiger partial charge >= 0.3 is 0 Å². The van der Waals surface area contributed by atoms with E-state index in [9.17, 15) is 13.6 Å². The molecule has 35 heavy (non-hydrogen) atoms. The molecule has 7 nitrogen and oxygen atoms in total. The Morgan fingerprint density at radius 3 is 2.71 bits per heavy atom. The molecule has 10 heteroatoms. The van der Waals surface area contributed by atoms with Gasteiger partial charge in [0.15, 0.2) is 16.7 Å². The predicted octanol–water partition coefficient (Wildman–Crippen LogP) is 3.98. The summed E-state index contributed by atoms with van der Waals surface area (Å²) >= 11 is 1.21. The number of piperidine rings is 1. The van der Waals surface area contributed by atoms with Gasteiger partial charge in [-0.05, 0) is 66.6 Å². The minimum absolute atomic E-state index is 0.0943. The standard InChI is InChI=1S/C25H24F2N4O3S/c26-14-18-11-17(15-28)2-3-21(18)34-22-4-1-16(12-20(22)27)13-23-24(33)30-25(35-23)29-19-5-7-31(8-6-19)9-10-32/h1-4,11-13,19,32H,5-10,14H2,(H,29,30,33)/b23-13-. The Labute approximate surface area is 206 Å². The number of alkyl halides is 1. The van der Waals surface area contributed by atoms with Gasteiger partial charge in [-0.15, -0.1) is 0 Å². The fourth-order valence-electron chi connectivity index (χ4n) is 3.90. The number of aliphatic imine (C=N–C) groups is 1. The van der Waals surface area contributed by atoms with Crippen molar-refractivity contribution < 1.29 is 23.4 Å². The minimum Gasteiger partial charge on any atom is -0.454 e. The number of amidine groups is 1. The average molecular weight is 499 g/mol. The Morgan fingerprint density at radius 1 is 1.26 bits per heavy atom. The number of halogens is 2. The van der Waals surface area contributed by atoms with Gasteiger partial charge in [0.1, 0.15) is 12.4 Å². The van der Waals surface area contributed by atoms with E-state index >= 15 is 0 Å². The summed E-state index contributed by atoms with van der Waals surface area (Å²) < 4.78 is 33.6. The fraction of sp³-hybridized carbons (Fsp3) is 0.320. The van der Waals surface area contributed by atoms with Crippen LogP contribution in [-0.2, 0) is 11.5 Å². The van der Waals surface area contributed by atoms with Crippen LogP contribution in [0.1, 0.15) is 29.5 Å². The molecule has 2 aliphatic rings. The first kappa shape index (κ1) is 24.9. The molecule has 2 heterocycles. The molecule has 2 aromatic rings. The third kappa shape index (κ3) is 6.25. The van der Waals surface area contributed by atoms with Crippen LogP contribution in [0.4, 0.5) is 8.78 Å². The van der Waals surface area contributed by atoms with Crippen LogP contribution in [-0.4, -0.2) is 53.4 Å². The smallest absolute Gasteiger partial charge is 0.286 e. The number of β-amino-alcohol motifs (C(OH)–C–C–N with tert-alkyl or cyclic N) is 1. The molecule has 1 fully saturated rings. The number of likely N-dealkylation sites (tertiary alicyclic amines) is 1. The van der Waals surface area contributed by atoms with Crippen molar-refractivity contribution in [3.63, 3.8) is 0 Å². The number of rotatable bonds is 7. The summed E-state index contributed by atoms with van der Waals surface area (Å²) in [5.41, 5.74) is 0.901. The second-order valence-corrected chi connectivity index (χ2v) is 9.21. The van der Waals surface area contributed by atoms with Crippen molar-refractivity contribution in [2.75, 3.05) is 26.2 Å². The Bertz CT molecular complexity index is 1200. The molecule has 0 aliphatic carbocycles. The summed E-state index contributed by atoms with van der Waals surface area (Å²) in [6.07, 6.45) is 3.35. The van der Waals surface area contributed by atoms with Crippen molar-refractivity contribution in [3.8, 4) is 17.6 Å². The minimum atomic E-state index is -0.853. The summed E-state index contributed by atoms with van der Waals surface area (Å²) in [7, 11) is 0. The molecular weight excluding hydrogens is 474 g/mol. The lowest BCUT2D eigenvalue weighted by atomic mass is 10.1. The monoisotopic (exact) mass is 498 g/mol. The molecule has 0 saturated carbocycles. The highest BCUT2D eigenvalue weighted by Gasteiger charge is 2.26. The number of hydrogen-bond donors (Lipinski definition) is 2. The van der Waals surface area contributed by atoms with Crippen molar-refractivity contribution in [2.24, 2.45) is 4.99 Å². The summed E-state index contributed by atoms with van der Waals surface area (Å²) in [4.78, 5) is 19.0. The molecule has 2 N–H and O–H groups in total. The zero-order valence-corrected chi connectivity index (χ0v) is 19.7. The number of aliphatic hydroxyl groups is 1. The van der Waals surface area contributed by atoms with E-state index in [0.29, 0.717) is 22.2 Å². The second kappa shape index (κ2) is 11.4. The number of nitrogens with zero attached hydrogens (tertiary/aromatic N) is 3. The average Bonchev–Trinajstić information content (AvgIpc) is 3.20. The fourth-order valence-corrected chi connectivity index (χ4v) is 4.79. The van der Waals surface area contributed by atoms with E-state index in [1.807, 2.05) is 6.07 Å². The maximum Gasteiger partial charge on any atom is 0.286 e. The van der Waals surface area contributed by atoms with Gasteiger partial charge in [0.25, 0.3) is 5.91 Å². The largest absolute Gasteiger partial charge is 0.454 e. The van der Waals surface area contributed by atoms with Crippen molar-refractivity contribution in [1.82, 2.24) is 10.2 Å². The highest BCUT2D eigenvalue weighted by molar-refractivity contribution is 8.18. The Morgan fingerprint density at radius 2 is 2.03 bits per heavy atom. The molecule has 182 valence electrons. The van der Waals surface area contributed by atoms with E-state index in [4.69, 9.17) is 15.1 Å². The van der Waals surface area contributed by atoms with Crippen LogP contribution in [0, 0.1) is 17.1 Å². The molecule has 2 aliphatic heterocycles. The third-order valence-corrected chi connectivity index (χ3v) is 6.67. The van der Waals surface area contributed by atoms with E-state index in [1.165, 1.54) is 42.1 Å². The molecule has 0 radical (unpaired) electrons. The number of nitrogens with one attached hydrogen (secondary N) is 1. The number of carbonyl (C=O) groups is 1. The number of thioether (sulfide) groups is 1. The first-order valence-corrected chi connectivity index (χ1v) is 12.0. The summed E-state index contributed by atoms with van der Waals surface area (Å²) in [5.74, 6) is -1.02. The van der Waals surface area contributed by atoms with Gasteiger partial charge in [0, 0.05) is 31.2 Å². The number of carbonyl (C=O) groups excluding carboxylic acids is 1. The van der Waals surface area contributed by atoms with E-state index in [-0.39, 0.29) is 41.2 Å². The van der Waals surface area contributed by atoms with Gasteiger partial charge in [-0.2, -0.15) is 10.3 Å². The molecular formula is C25H24F2N4O3S. The lowest BCUT2D eigenvalue weighted by Crippen LogP contribution is -2.44. The van der Waals surface area contributed by atoms with Gasteiger partial charge in [-0.3, -0.25) is 4.79 Å². The molecule has 0 atom stereocenters. The molecule has 1 saturated heterocycles. The number of hydrogen-bond acceptors (Lipinski definition) is 7. The van der Waals surface area contributed by atoms with Gasteiger partial charge in [0.2, 0.25) is 0 Å². The zero-order chi connectivity index (χ0) is 24.8. The second-order valence-electron chi connectivity index (χ2n) is 8.18. The van der Waals surface area contributed by atoms with Crippen LogP contribution in [0.25, 0.3) is 6.08 Å². The highest BCUT2D eigenvalue weighted by Crippen LogP contribution is 2.32. The van der Waals surface area contributed by atoms with Crippen LogP contribution < -0.4 is 10.1 Å². The first-order chi connectivity index (χ1) is 17.0. The number of aliphatic hydroxyl groups excluding tert-OH is 1. The van der Waals surface area contributed by atoms with Gasteiger partial charge < -0.3 is 20.1 Å². The summed E-state index contributed by atoms with van der Waals surface area (Å²) in [5, 5.41) is 21.8. The van der Waals surface area contributed by atoms with Crippen molar-refractivity contribution >= 4 is 28.9 Å². The van der Waals surface area contributed by atoms with Crippen molar-refractivity contribution in [2.45, 2.75) is 25.6 Å². The van der Waals surface area contributed by atoms with Crippen LogP contribution in [0.2, 0.25) is 0 Å². The third-order valence-electron chi connectivity index (χ3n) is 5.76. The molecule has 0 spiro atoms. The number of benzene rings is 2. The van der Waals surface area contributed by atoms with Crippen molar-refractivity contribution in [3.05, 3.63) is 63.8 Å². The van der Waals surface area contributed by atoms with Crippen LogP contribution >= 0.6 is 11.8 Å². The van der Waals surface area contributed by atoms with Gasteiger partial charge in [-0.25, -0.2) is 8.78 Å². The maximum absolute atomic E-state index is 14.7. The van der Waals surface area contributed by atoms with Gasteiger partial charge in [-0.1, -0.05) is 6.07 Å². The lowest BCUT2D eigenvalue weighted by Gasteiger charge is -2.32. The van der Waals surface area contributed by atoms with E-state index in [1.54, 1.807) is 12.1 Å². The predicted molar refractivity (Wildman–Crippen MR) is 130 cm³/mol.